The second kappa shape index (κ2) is 4.83. The fraction of sp³-hybridized carbons (Fsp3) is 0.769. The zero-order chi connectivity index (χ0) is 13.4. The van der Waals surface area contributed by atoms with Gasteiger partial charge < -0.3 is 15.5 Å². The minimum Gasteiger partial charge on any atom is -0.368 e. The van der Waals surface area contributed by atoms with Crippen LogP contribution >= 0.6 is 0 Å². The normalized spacial score (nSPS) is 18.4. The predicted molar refractivity (Wildman–Crippen MR) is 76.2 cm³/mol. The maximum Gasteiger partial charge on any atom is 0.231 e. The molecule has 2 aliphatic carbocycles. The van der Waals surface area contributed by atoms with Crippen LogP contribution in [0.25, 0.3) is 0 Å². The Morgan fingerprint density at radius 2 is 1.47 bits per heavy atom. The third-order valence-electron chi connectivity index (χ3n) is 3.66. The first kappa shape index (κ1) is 12.4. The Balaban J connectivity index is 1.82. The Labute approximate surface area is 114 Å². The van der Waals surface area contributed by atoms with E-state index in [2.05, 4.69) is 19.9 Å². The highest BCUT2D eigenvalue weighted by molar-refractivity contribution is 5.43. The molecule has 6 heteroatoms. The highest BCUT2D eigenvalue weighted by Crippen LogP contribution is 2.35. The Bertz CT molecular complexity index is 438. The molecule has 0 unspecified atom stereocenters. The van der Waals surface area contributed by atoms with E-state index in [-0.39, 0.29) is 0 Å². The molecule has 2 fully saturated rings. The van der Waals surface area contributed by atoms with Crippen molar-refractivity contribution in [1.29, 1.82) is 0 Å². The van der Waals surface area contributed by atoms with Crippen LogP contribution in [0.3, 0.4) is 0 Å². The van der Waals surface area contributed by atoms with Crippen LogP contribution in [0.15, 0.2) is 0 Å². The van der Waals surface area contributed by atoms with Crippen molar-refractivity contribution in [3.05, 3.63) is 0 Å². The molecular weight excluding hydrogens is 240 g/mol. The van der Waals surface area contributed by atoms with Crippen molar-refractivity contribution >= 4 is 17.8 Å². The van der Waals surface area contributed by atoms with Crippen LogP contribution in [-0.2, 0) is 0 Å². The zero-order valence-electron chi connectivity index (χ0n) is 11.7. The average Bonchev–Trinajstić information content (AvgIpc) is 3.22. The van der Waals surface area contributed by atoms with Crippen molar-refractivity contribution in [2.75, 3.05) is 42.7 Å². The molecular formula is C13H22N6. The van der Waals surface area contributed by atoms with Gasteiger partial charge in [0.15, 0.2) is 0 Å². The fourth-order valence-corrected chi connectivity index (χ4v) is 2.17. The lowest BCUT2D eigenvalue weighted by Crippen LogP contribution is -2.31. The van der Waals surface area contributed by atoms with Crippen LogP contribution in [0.5, 0.6) is 0 Å². The number of anilines is 3. The second-order valence-corrected chi connectivity index (χ2v) is 5.98. The van der Waals surface area contributed by atoms with Gasteiger partial charge in [-0.3, -0.25) is 0 Å². The number of nitrogens with zero attached hydrogens (tertiary/aromatic N) is 5. The van der Waals surface area contributed by atoms with E-state index in [1.165, 1.54) is 25.7 Å². The lowest BCUT2D eigenvalue weighted by Gasteiger charge is -2.23. The molecule has 0 radical (unpaired) electrons. The van der Waals surface area contributed by atoms with E-state index in [1.807, 2.05) is 19.0 Å². The summed E-state index contributed by atoms with van der Waals surface area (Å²) in [5.74, 6) is 3.33. The van der Waals surface area contributed by atoms with Gasteiger partial charge in [0.25, 0.3) is 0 Å². The van der Waals surface area contributed by atoms with Crippen LogP contribution in [0.4, 0.5) is 17.8 Å². The van der Waals surface area contributed by atoms with Crippen molar-refractivity contribution in [1.82, 2.24) is 15.0 Å². The molecule has 0 spiro atoms. The van der Waals surface area contributed by atoms with Crippen molar-refractivity contribution in [3.8, 4) is 0 Å². The molecule has 104 valence electrons. The van der Waals surface area contributed by atoms with Crippen LogP contribution < -0.4 is 15.5 Å². The lowest BCUT2D eigenvalue weighted by molar-refractivity contribution is 0.660. The minimum absolute atomic E-state index is 0.310. The van der Waals surface area contributed by atoms with Crippen molar-refractivity contribution in [2.24, 2.45) is 11.8 Å². The van der Waals surface area contributed by atoms with Gasteiger partial charge in [-0.1, -0.05) is 0 Å². The maximum absolute atomic E-state index is 5.81. The smallest absolute Gasteiger partial charge is 0.231 e. The van der Waals surface area contributed by atoms with E-state index in [9.17, 15) is 0 Å². The third kappa shape index (κ3) is 3.24. The highest BCUT2D eigenvalue weighted by atomic mass is 15.3. The molecule has 1 aromatic heterocycles. The van der Waals surface area contributed by atoms with Gasteiger partial charge in [0.2, 0.25) is 17.8 Å². The summed E-state index contributed by atoms with van der Waals surface area (Å²) in [6, 6.07) is 0. The number of nitrogens with two attached hydrogens (primary N) is 1. The number of nitrogen functional groups attached to an aromatic ring is 1. The summed E-state index contributed by atoms with van der Waals surface area (Å²) < 4.78 is 0. The van der Waals surface area contributed by atoms with Crippen LogP contribution in [0.1, 0.15) is 25.7 Å². The van der Waals surface area contributed by atoms with Gasteiger partial charge in [0, 0.05) is 27.2 Å². The summed E-state index contributed by atoms with van der Waals surface area (Å²) in [5, 5.41) is 0. The van der Waals surface area contributed by atoms with Gasteiger partial charge in [0.05, 0.1) is 0 Å². The molecule has 19 heavy (non-hydrogen) atoms. The lowest BCUT2D eigenvalue weighted by atomic mass is 10.3. The quantitative estimate of drug-likeness (QED) is 0.829. The summed E-state index contributed by atoms with van der Waals surface area (Å²) in [7, 11) is 3.84. The molecule has 2 aliphatic rings. The van der Waals surface area contributed by atoms with Gasteiger partial charge in [-0.25, -0.2) is 0 Å². The van der Waals surface area contributed by atoms with Crippen molar-refractivity contribution < 1.29 is 0 Å². The molecule has 0 amide bonds. The Kier molecular flexibility index (Phi) is 3.16. The molecule has 1 heterocycles. The van der Waals surface area contributed by atoms with Crippen LogP contribution in [0.2, 0.25) is 0 Å². The first-order valence-electron chi connectivity index (χ1n) is 7.05. The fourth-order valence-electron chi connectivity index (χ4n) is 2.17. The molecule has 0 bridgehead atoms. The molecule has 0 aliphatic heterocycles. The molecule has 0 saturated heterocycles. The maximum atomic E-state index is 5.81. The first-order chi connectivity index (χ1) is 9.11. The Morgan fingerprint density at radius 1 is 0.947 bits per heavy atom. The third-order valence-corrected chi connectivity index (χ3v) is 3.66. The van der Waals surface area contributed by atoms with Gasteiger partial charge >= 0.3 is 0 Å². The topological polar surface area (TPSA) is 71.2 Å². The molecule has 3 rings (SSSR count). The van der Waals surface area contributed by atoms with E-state index in [0.717, 1.165) is 30.9 Å². The Morgan fingerprint density at radius 3 is 1.95 bits per heavy atom. The summed E-state index contributed by atoms with van der Waals surface area (Å²) >= 11 is 0. The van der Waals surface area contributed by atoms with Gasteiger partial charge in [0.1, 0.15) is 0 Å². The molecule has 0 atom stereocenters. The number of hydrogen-bond donors (Lipinski definition) is 1. The van der Waals surface area contributed by atoms with E-state index in [0.29, 0.717) is 11.9 Å². The summed E-state index contributed by atoms with van der Waals surface area (Å²) in [4.78, 5) is 17.2. The van der Waals surface area contributed by atoms with E-state index >= 15 is 0 Å². The van der Waals surface area contributed by atoms with Crippen molar-refractivity contribution in [2.45, 2.75) is 25.7 Å². The van der Waals surface area contributed by atoms with Crippen LogP contribution in [-0.4, -0.2) is 42.1 Å². The van der Waals surface area contributed by atoms with Gasteiger partial charge in [-0.2, -0.15) is 15.0 Å². The Hall–Kier alpha value is -1.59. The predicted octanol–water partition coefficient (Wildman–Crippen LogP) is 1.15. The van der Waals surface area contributed by atoms with E-state index in [4.69, 9.17) is 5.73 Å². The largest absolute Gasteiger partial charge is 0.368 e. The zero-order valence-corrected chi connectivity index (χ0v) is 11.7. The number of aromatic nitrogens is 3. The molecule has 6 nitrogen and oxygen atoms in total. The van der Waals surface area contributed by atoms with E-state index < -0.39 is 0 Å². The summed E-state index contributed by atoms with van der Waals surface area (Å²) in [5.41, 5.74) is 5.81. The molecule has 2 saturated carbocycles. The SMILES string of the molecule is CN(C)c1nc(N)nc(N(CC2CC2)CC2CC2)n1. The van der Waals surface area contributed by atoms with Gasteiger partial charge in [-0.05, 0) is 37.5 Å². The first-order valence-corrected chi connectivity index (χ1v) is 7.05. The highest BCUT2D eigenvalue weighted by Gasteiger charge is 2.30. The second-order valence-electron chi connectivity index (χ2n) is 5.98. The number of rotatable bonds is 6. The molecule has 0 aromatic carbocycles. The van der Waals surface area contributed by atoms with Crippen LogP contribution in [0, 0.1) is 11.8 Å². The monoisotopic (exact) mass is 262 g/mol. The molecule has 1 aromatic rings. The minimum atomic E-state index is 0.310. The average molecular weight is 262 g/mol. The van der Waals surface area contributed by atoms with Crippen molar-refractivity contribution in [3.63, 3.8) is 0 Å². The summed E-state index contributed by atoms with van der Waals surface area (Å²) in [6.45, 7) is 2.12. The standard InChI is InChI=1S/C13H22N6/c1-18(2)12-15-11(14)16-13(17-12)19(7-9-3-4-9)8-10-5-6-10/h9-10H,3-8H2,1-2H3,(H2,14,15,16,17). The number of hydrogen-bond acceptors (Lipinski definition) is 6. The summed E-state index contributed by atoms with van der Waals surface area (Å²) in [6.07, 6.45) is 5.34. The molecule has 2 N–H and O–H groups in total. The van der Waals surface area contributed by atoms with E-state index in [1.54, 1.807) is 0 Å². The van der Waals surface area contributed by atoms with Gasteiger partial charge in [-0.15, -0.1) is 0 Å².